The molecule has 0 aliphatic carbocycles. The highest BCUT2D eigenvalue weighted by Gasteiger charge is 2.21. The van der Waals surface area contributed by atoms with E-state index >= 15 is 0 Å². The van der Waals surface area contributed by atoms with Gasteiger partial charge in [-0.2, -0.15) is 0 Å². The van der Waals surface area contributed by atoms with Crippen LogP contribution in [0.3, 0.4) is 0 Å². The van der Waals surface area contributed by atoms with Crippen LogP contribution in [-0.2, 0) is 4.79 Å². The van der Waals surface area contributed by atoms with Crippen molar-refractivity contribution in [2.75, 3.05) is 26.7 Å². The molecule has 0 saturated carbocycles. The Hall–Kier alpha value is -0.610. The highest BCUT2D eigenvalue weighted by Crippen LogP contribution is 2.08. The Morgan fingerprint density at radius 1 is 1.50 bits per heavy atom. The van der Waals surface area contributed by atoms with Gasteiger partial charge in [-0.05, 0) is 47.2 Å². The van der Waals surface area contributed by atoms with Crippen molar-refractivity contribution < 1.29 is 4.79 Å². The van der Waals surface area contributed by atoms with Crippen LogP contribution in [0.1, 0.15) is 33.6 Å². The van der Waals surface area contributed by atoms with Crippen molar-refractivity contribution >= 4 is 5.91 Å². The Morgan fingerprint density at radius 3 is 2.69 bits per heavy atom. The van der Waals surface area contributed by atoms with Gasteiger partial charge in [-0.1, -0.05) is 0 Å². The standard InChI is InChI=1S/C12H25N3O/c1-12(2,3)14-11(16)9-15(4)10-6-5-7-13-8-10/h10,13H,5-9H2,1-4H3,(H,14,16). The fourth-order valence-electron chi connectivity index (χ4n) is 2.02. The number of amides is 1. The van der Waals surface area contributed by atoms with Gasteiger partial charge in [0.25, 0.3) is 0 Å². The molecule has 0 aromatic rings. The zero-order chi connectivity index (χ0) is 12.2. The summed E-state index contributed by atoms with van der Waals surface area (Å²) >= 11 is 0. The van der Waals surface area contributed by atoms with Crippen LogP contribution in [0.15, 0.2) is 0 Å². The molecule has 0 aromatic heterocycles. The first kappa shape index (κ1) is 13.5. The third kappa shape index (κ3) is 4.94. The van der Waals surface area contributed by atoms with E-state index in [1.807, 2.05) is 27.8 Å². The van der Waals surface area contributed by atoms with E-state index in [9.17, 15) is 4.79 Å². The summed E-state index contributed by atoms with van der Waals surface area (Å²) < 4.78 is 0. The van der Waals surface area contributed by atoms with Gasteiger partial charge in [0.1, 0.15) is 0 Å². The quantitative estimate of drug-likeness (QED) is 0.741. The van der Waals surface area contributed by atoms with E-state index in [-0.39, 0.29) is 11.4 Å². The predicted octanol–water partition coefficient (Wildman–Crippen LogP) is 0.585. The molecular formula is C12H25N3O. The van der Waals surface area contributed by atoms with Gasteiger partial charge >= 0.3 is 0 Å². The topological polar surface area (TPSA) is 44.4 Å². The Balaban J connectivity index is 2.32. The fourth-order valence-corrected chi connectivity index (χ4v) is 2.02. The number of hydrogen-bond acceptors (Lipinski definition) is 3. The molecule has 4 heteroatoms. The lowest BCUT2D eigenvalue weighted by atomic mass is 10.1. The van der Waals surface area contributed by atoms with Gasteiger partial charge in [0.2, 0.25) is 5.91 Å². The minimum absolute atomic E-state index is 0.112. The molecule has 1 atom stereocenters. The van der Waals surface area contributed by atoms with Gasteiger partial charge in [-0.15, -0.1) is 0 Å². The Kier molecular flexibility index (Phi) is 4.74. The number of nitrogens with one attached hydrogen (secondary N) is 2. The normalized spacial score (nSPS) is 22.2. The lowest BCUT2D eigenvalue weighted by molar-refractivity contribution is -0.123. The van der Waals surface area contributed by atoms with Crippen molar-refractivity contribution in [1.29, 1.82) is 0 Å². The highest BCUT2D eigenvalue weighted by atomic mass is 16.2. The number of likely N-dealkylation sites (N-methyl/N-ethyl adjacent to an activating group) is 1. The third-order valence-electron chi connectivity index (χ3n) is 2.80. The summed E-state index contributed by atoms with van der Waals surface area (Å²) in [5.41, 5.74) is -0.136. The minimum atomic E-state index is -0.136. The van der Waals surface area contributed by atoms with Gasteiger partial charge in [0, 0.05) is 18.1 Å². The van der Waals surface area contributed by atoms with Crippen molar-refractivity contribution in [2.24, 2.45) is 0 Å². The Bertz CT molecular complexity index is 229. The summed E-state index contributed by atoms with van der Waals surface area (Å²) in [6.45, 7) is 8.62. The van der Waals surface area contributed by atoms with Gasteiger partial charge in [-0.3, -0.25) is 9.69 Å². The third-order valence-corrected chi connectivity index (χ3v) is 2.80. The largest absolute Gasteiger partial charge is 0.350 e. The molecule has 1 rings (SSSR count). The minimum Gasteiger partial charge on any atom is -0.350 e. The van der Waals surface area contributed by atoms with Crippen molar-refractivity contribution in [3.05, 3.63) is 0 Å². The number of carbonyl (C=O) groups excluding carboxylic acids is 1. The molecule has 0 spiro atoms. The van der Waals surface area contributed by atoms with E-state index in [1.165, 1.54) is 12.8 Å². The zero-order valence-electron chi connectivity index (χ0n) is 11.0. The highest BCUT2D eigenvalue weighted by molar-refractivity contribution is 5.78. The number of piperidine rings is 1. The molecule has 1 aliphatic heterocycles. The summed E-state index contributed by atoms with van der Waals surface area (Å²) in [6.07, 6.45) is 2.39. The second-order valence-corrected chi connectivity index (χ2v) is 5.71. The predicted molar refractivity (Wildman–Crippen MR) is 66.4 cm³/mol. The van der Waals surface area contributed by atoms with E-state index in [2.05, 4.69) is 15.5 Å². The van der Waals surface area contributed by atoms with Gasteiger partial charge in [-0.25, -0.2) is 0 Å². The van der Waals surface area contributed by atoms with Crippen LogP contribution in [0.5, 0.6) is 0 Å². The summed E-state index contributed by atoms with van der Waals surface area (Å²) in [5, 5.41) is 6.35. The molecule has 1 heterocycles. The average Bonchev–Trinajstić information content (AvgIpc) is 2.16. The average molecular weight is 227 g/mol. The molecule has 1 fully saturated rings. The molecule has 16 heavy (non-hydrogen) atoms. The number of rotatable bonds is 3. The van der Waals surface area contributed by atoms with E-state index in [4.69, 9.17) is 0 Å². The lowest BCUT2D eigenvalue weighted by Gasteiger charge is -2.32. The lowest BCUT2D eigenvalue weighted by Crippen LogP contribution is -2.50. The molecule has 0 bridgehead atoms. The van der Waals surface area contributed by atoms with Crippen LogP contribution in [0.25, 0.3) is 0 Å². The molecule has 4 nitrogen and oxygen atoms in total. The van der Waals surface area contributed by atoms with E-state index in [1.54, 1.807) is 0 Å². The summed E-state index contributed by atoms with van der Waals surface area (Å²) in [4.78, 5) is 13.9. The second-order valence-electron chi connectivity index (χ2n) is 5.71. The van der Waals surface area contributed by atoms with E-state index in [0.717, 1.165) is 13.1 Å². The molecular weight excluding hydrogens is 202 g/mol. The number of carbonyl (C=O) groups is 1. The van der Waals surface area contributed by atoms with Crippen LogP contribution in [0.4, 0.5) is 0 Å². The molecule has 1 saturated heterocycles. The maximum absolute atomic E-state index is 11.7. The van der Waals surface area contributed by atoms with Crippen molar-refractivity contribution in [2.45, 2.75) is 45.2 Å². The summed E-state index contributed by atoms with van der Waals surface area (Å²) in [5.74, 6) is 0.112. The maximum atomic E-state index is 11.7. The van der Waals surface area contributed by atoms with Crippen LogP contribution >= 0.6 is 0 Å². The van der Waals surface area contributed by atoms with Crippen LogP contribution in [0, 0.1) is 0 Å². The first-order valence-corrected chi connectivity index (χ1v) is 6.10. The number of hydrogen-bond donors (Lipinski definition) is 2. The summed E-state index contributed by atoms with van der Waals surface area (Å²) in [6, 6.07) is 0.500. The monoisotopic (exact) mass is 227 g/mol. The SMILES string of the molecule is CN(CC(=O)NC(C)(C)C)C1CCCNC1. The first-order chi connectivity index (χ1) is 7.38. The fraction of sp³-hybridized carbons (Fsp3) is 0.917. The Labute approximate surface area is 98.8 Å². The smallest absolute Gasteiger partial charge is 0.234 e. The molecule has 1 amide bonds. The molecule has 1 unspecified atom stereocenters. The number of nitrogens with zero attached hydrogens (tertiary/aromatic N) is 1. The van der Waals surface area contributed by atoms with E-state index in [0.29, 0.717) is 12.6 Å². The van der Waals surface area contributed by atoms with Crippen molar-refractivity contribution in [3.8, 4) is 0 Å². The van der Waals surface area contributed by atoms with Gasteiger partial charge < -0.3 is 10.6 Å². The zero-order valence-corrected chi connectivity index (χ0v) is 11.0. The van der Waals surface area contributed by atoms with Crippen LogP contribution < -0.4 is 10.6 Å². The molecule has 0 radical (unpaired) electrons. The Morgan fingerprint density at radius 2 is 2.19 bits per heavy atom. The van der Waals surface area contributed by atoms with Crippen molar-refractivity contribution in [3.63, 3.8) is 0 Å². The van der Waals surface area contributed by atoms with Gasteiger partial charge in [0.15, 0.2) is 0 Å². The van der Waals surface area contributed by atoms with Crippen LogP contribution in [0.2, 0.25) is 0 Å². The van der Waals surface area contributed by atoms with Crippen molar-refractivity contribution in [1.82, 2.24) is 15.5 Å². The molecule has 1 aliphatic rings. The van der Waals surface area contributed by atoms with E-state index < -0.39 is 0 Å². The molecule has 94 valence electrons. The van der Waals surface area contributed by atoms with Gasteiger partial charge in [0.05, 0.1) is 6.54 Å². The molecule has 0 aromatic carbocycles. The van der Waals surface area contributed by atoms with Crippen LogP contribution in [-0.4, -0.2) is 49.1 Å². The molecule has 2 N–H and O–H groups in total. The second kappa shape index (κ2) is 5.64. The summed E-state index contributed by atoms with van der Waals surface area (Å²) in [7, 11) is 2.03. The first-order valence-electron chi connectivity index (χ1n) is 6.10. The maximum Gasteiger partial charge on any atom is 0.234 e.